The lowest BCUT2D eigenvalue weighted by molar-refractivity contribution is 0.311. The van der Waals surface area contributed by atoms with Crippen LogP contribution in [0.25, 0.3) is 10.9 Å². The van der Waals surface area contributed by atoms with Crippen molar-refractivity contribution in [3.63, 3.8) is 0 Å². The van der Waals surface area contributed by atoms with Crippen LogP contribution in [0, 0.1) is 6.92 Å². The van der Waals surface area contributed by atoms with Gasteiger partial charge in [-0.05, 0) is 20.0 Å². The number of para-hydroxylation sites is 1. The number of anilines is 1. The third kappa shape index (κ3) is 2.04. The van der Waals surface area contributed by atoms with Crippen LogP contribution in [-0.4, -0.2) is 48.1 Å². The summed E-state index contributed by atoms with van der Waals surface area (Å²) < 4.78 is 0. The maximum atomic E-state index is 4.68. The lowest BCUT2D eigenvalue weighted by Gasteiger charge is -2.32. The van der Waals surface area contributed by atoms with Crippen LogP contribution < -0.4 is 4.90 Å². The quantitative estimate of drug-likeness (QED) is 0.762. The molecular weight excluding hydrogens is 224 g/mol. The van der Waals surface area contributed by atoms with Crippen molar-refractivity contribution in [2.24, 2.45) is 0 Å². The molecule has 0 unspecified atom stereocenters. The Kier molecular flexibility index (Phi) is 2.88. The first-order valence-corrected chi connectivity index (χ1v) is 6.41. The average Bonchev–Trinajstić information content (AvgIpc) is 2.39. The van der Waals surface area contributed by atoms with Gasteiger partial charge in [0.05, 0.1) is 11.2 Å². The predicted molar refractivity (Wildman–Crippen MR) is 74.0 cm³/mol. The van der Waals surface area contributed by atoms with Gasteiger partial charge < -0.3 is 9.80 Å². The summed E-state index contributed by atoms with van der Waals surface area (Å²) in [7, 11) is 2.16. The van der Waals surface area contributed by atoms with Crippen LogP contribution in [0.2, 0.25) is 0 Å². The molecule has 1 aromatic heterocycles. The monoisotopic (exact) mass is 242 g/mol. The summed E-state index contributed by atoms with van der Waals surface area (Å²) in [5.41, 5.74) is 2.11. The molecule has 0 N–H and O–H groups in total. The van der Waals surface area contributed by atoms with E-state index < -0.39 is 0 Å². The molecule has 3 rings (SSSR count). The van der Waals surface area contributed by atoms with Crippen LogP contribution in [0.3, 0.4) is 0 Å². The number of hydrogen-bond acceptors (Lipinski definition) is 4. The molecule has 94 valence electrons. The highest BCUT2D eigenvalue weighted by molar-refractivity contribution is 5.81. The fourth-order valence-corrected chi connectivity index (χ4v) is 2.37. The van der Waals surface area contributed by atoms with Gasteiger partial charge in [0.15, 0.2) is 0 Å². The van der Waals surface area contributed by atoms with Gasteiger partial charge in [-0.1, -0.05) is 18.2 Å². The Morgan fingerprint density at radius 2 is 1.72 bits per heavy atom. The summed E-state index contributed by atoms with van der Waals surface area (Å²) in [5.74, 6) is 0.874. The van der Waals surface area contributed by atoms with E-state index in [0.717, 1.165) is 48.7 Å². The number of fused-ring (bicyclic) bond motifs is 1. The normalized spacial score (nSPS) is 17.3. The van der Waals surface area contributed by atoms with Gasteiger partial charge in [-0.2, -0.15) is 0 Å². The number of nitrogens with zero attached hydrogens (tertiary/aromatic N) is 4. The minimum absolute atomic E-state index is 0.874. The van der Waals surface area contributed by atoms with E-state index in [2.05, 4.69) is 45.9 Å². The standard InChI is InChI=1S/C14H18N4/c1-11-12-5-3-4-6-13(12)16-14(15-11)18-9-7-17(2)8-10-18/h3-6H,7-10H2,1-2H3. The van der Waals surface area contributed by atoms with Crippen LogP contribution in [-0.2, 0) is 0 Å². The fraction of sp³-hybridized carbons (Fsp3) is 0.429. The highest BCUT2D eigenvalue weighted by atomic mass is 15.3. The van der Waals surface area contributed by atoms with Gasteiger partial charge >= 0.3 is 0 Å². The molecule has 18 heavy (non-hydrogen) atoms. The summed E-state index contributed by atoms with van der Waals surface area (Å²) in [6.45, 7) is 6.23. The summed E-state index contributed by atoms with van der Waals surface area (Å²) >= 11 is 0. The zero-order chi connectivity index (χ0) is 12.5. The van der Waals surface area contributed by atoms with Gasteiger partial charge in [0.1, 0.15) is 0 Å². The topological polar surface area (TPSA) is 32.3 Å². The van der Waals surface area contributed by atoms with Crippen molar-refractivity contribution in [2.75, 3.05) is 38.1 Å². The van der Waals surface area contributed by atoms with Crippen LogP contribution >= 0.6 is 0 Å². The van der Waals surface area contributed by atoms with E-state index >= 15 is 0 Å². The van der Waals surface area contributed by atoms with E-state index in [1.165, 1.54) is 0 Å². The molecule has 1 aromatic carbocycles. The molecule has 1 fully saturated rings. The van der Waals surface area contributed by atoms with Gasteiger partial charge in [0.2, 0.25) is 5.95 Å². The lowest BCUT2D eigenvalue weighted by Crippen LogP contribution is -2.45. The number of benzene rings is 1. The van der Waals surface area contributed by atoms with E-state index in [-0.39, 0.29) is 0 Å². The zero-order valence-corrected chi connectivity index (χ0v) is 10.9. The van der Waals surface area contributed by atoms with Crippen molar-refractivity contribution in [3.8, 4) is 0 Å². The summed E-state index contributed by atoms with van der Waals surface area (Å²) in [6, 6.07) is 8.21. The van der Waals surface area contributed by atoms with Crippen LogP contribution in [0.15, 0.2) is 24.3 Å². The maximum absolute atomic E-state index is 4.68. The molecular formula is C14H18N4. The Balaban J connectivity index is 1.97. The molecule has 4 nitrogen and oxygen atoms in total. The van der Waals surface area contributed by atoms with E-state index in [9.17, 15) is 0 Å². The van der Waals surface area contributed by atoms with E-state index in [4.69, 9.17) is 0 Å². The lowest BCUT2D eigenvalue weighted by atomic mass is 10.2. The van der Waals surface area contributed by atoms with Crippen LogP contribution in [0.5, 0.6) is 0 Å². The number of rotatable bonds is 1. The van der Waals surface area contributed by atoms with Crippen LogP contribution in [0.1, 0.15) is 5.69 Å². The molecule has 0 atom stereocenters. The van der Waals surface area contributed by atoms with E-state index in [0.29, 0.717) is 0 Å². The maximum Gasteiger partial charge on any atom is 0.226 e. The smallest absolute Gasteiger partial charge is 0.226 e. The first kappa shape index (κ1) is 11.4. The number of aryl methyl sites for hydroxylation is 1. The molecule has 0 saturated carbocycles. The number of likely N-dealkylation sites (N-methyl/N-ethyl adjacent to an activating group) is 1. The third-order valence-corrected chi connectivity index (χ3v) is 3.57. The molecule has 2 aromatic rings. The summed E-state index contributed by atoms with van der Waals surface area (Å²) in [4.78, 5) is 13.9. The van der Waals surface area contributed by atoms with Crippen molar-refractivity contribution < 1.29 is 0 Å². The highest BCUT2D eigenvalue weighted by Gasteiger charge is 2.17. The predicted octanol–water partition coefficient (Wildman–Crippen LogP) is 1.69. The van der Waals surface area contributed by atoms with Gasteiger partial charge in [-0.3, -0.25) is 0 Å². The van der Waals surface area contributed by atoms with Gasteiger partial charge in [-0.15, -0.1) is 0 Å². The molecule has 0 aliphatic carbocycles. The van der Waals surface area contributed by atoms with E-state index in [1.54, 1.807) is 0 Å². The van der Waals surface area contributed by atoms with Crippen molar-refractivity contribution in [1.82, 2.24) is 14.9 Å². The first-order valence-electron chi connectivity index (χ1n) is 6.41. The second-order valence-corrected chi connectivity index (χ2v) is 4.92. The van der Waals surface area contributed by atoms with Gasteiger partial charge in [-0.25, -0.2) is 9.97 Å². The van der Waals surface area contributed by atoms with Crippen molar-refractivity contribution in [1.29, 1.82) is 0 Å². The molecule has 1 saturated heterocycles. The van der Waals surface area contributed by atoms with Crippen molar-refractivity contribution in [2.45, 2.75) is 6.92 Å². The van der Waals surface area contributed by atoms with Gasteiger partial charge in [0, 0.05) is 31.6 Å². The highest BCUT2D eigenvalue weighted by Crippen LogP contribution is 2.19. The summed E-state index contributed by atoms with van der Waals surface area (Å²) in [5, 5.41) is 1.15. The minimum atomic E-state index is 0.874. The zero-order valence-electron chi connectivity index (χ0n) is 10.9. The molecule has 4 heteroatoms. The number of aromatic nitrogens is 2. The number of hydrogen-bond donors (Lipinski definition) is 0. The Morgan fingerprint density at radius 3 is 2.50 bits per heavy atom. The van der Waals surface area contributed by atoms with Gasteiger partial charge in [0.25, 0.3) is 0 Å². The molecule has 1 aliphatic heterocycles. The molecule has 2 heterocycles. The largest absolute Gasteiger partial charge is 0.338 e. The summed E-state index contributed by atoms with van der Waals surface area (Å²) in [6.07, 6.45) is 0. The third-order valence-electron chi connectivity index (χ3n) is 3.57. The molecule has 0 bridgehead atoms. The molecule has 1 aliphatic rings. The fourth-order valence-electron chi connectivity index (χ4n) is 2.37. The average molecular weight is 242 g/mol. The molecule has 0 amide bonds. The Bertz CT molecular complexity index is 559. The number of piperazine rings is 1. The minimum Gasteiger partial charge on any atom is -0.338 e. The second kappa shape index (κ2) is 4.53. The van der Waals surface area contributed by atoms with E-state index in [1.807, 2.05) is 12.1 Å². The Labute approximate surface area is 107 Å². The molecule has 0 radical (unpaired) electrons. The first-order chi connectivity index (χ1) is 8.74. The van der Waals surface area contributed by atoms with Crippen molar-refractivity contribution >= 4 is 16.9 Å². The second-order valence-electron chi connectivity index (χ2n) is 4.92. The van der Waals surface area contributed by atoms with Crippen molar-refractivity contribution in [3.05, 3.63) is 30.0 Å². The SMILES string of the molecule is Cc1nc(N2CCN(C)CC2)nc2ccccc12. The molecule has 0 spiro atoms. The van der Waals surface area contributed by atoms with Crippen LogP contribution in [0.4, 0.5) is 5.95 Å². The Morgan fingerprint density at radius 1 is 1.00 bits per heavy atom. The Hall–Kier alpha value is -1.68.